The Kier molecular flexibility index (Phi) is 4.89. The van der Waals surface area contributed by atoms with Crippen molar-refractivity contribution in [2.24, 2.45) is 5.10 Å². The van der Waals surface area contributed by atoms with E-state index in [-0.39, 0.29) is 36.6 Å². The van der Waals surface area contributed by atoms with E-state index < -0.39 is 0 Å². The lowest BCUT2D eigenvalue weighted by molar-refractivity contribution is -0.134. The van der Waals surface area contributed by atoms with Gasteiger partial charge in [0.05, 0.1) is 25.8 Å². The molecule has 0 radical (unpaired) electrons. The molecule has 6 nitrogen and oxygen atoms in total. The molecule has 2 heterocycles. The number of ether oxygens (including phenoxy) is 1. The number of carbonyl (C=O) groups is 2. The van der Waals surface area contributed by atoms with Crippen LogP contribution < -0.4 is 0 Å². The van der Waals surface area contributed by atoms with Crippen LogP contribution in [0.25, 0.3) is 0 Å². The maximum Gasteiger partial charge on any atom is 0.270 e. The van der Waals surface area contributed by atoms with Gasteiger partial charge in [-0.3, -0.25) is 9.59 Å². The van der Waals surface area contributed by atoms with E-state index in [2.05, 4.69) is 5.10 Å². The summed E-state index contributed by atoms with van der Waals surface area (Å²) in [7, 11) is 0. The van der Waals surface area contributed by atoms with Gasteiger partial charge in [0.25, 0.3) is 5.91 Å². The first kappa shape index (κ1) is 16.6. The average Bonchev–Trinajstić information content (AvgIpc) is 2.59. The Labute approximate surface area is 139 Å². The molecule has 2 aliphatic rings. The summed E-state index contributed by atoms with van der Waals surface area (Å²) in [4.78, 5) is 26.5. The van der Waals surface area contributed by atoms with Crippen LogP contribution in [0.5, 0.6) is 0 Å². The number of halogens is 1. The van der Waals surface area contributed by atoms with Crippen LogP contribution in [0.1, 0.15) is 25.3 Å². The Balaban J connectivity index is 1.74. The number of amides is 2. The molecular weight excluding hydrogens is 313 g/mol. The van der Waals surface area contributed by atoms with E-state index in [0.29, 0.717) is 31.9 Å². The molecule has 0 saturated carbocycles. The SMILES string of the molecule is C[C@H]1COCCN1C(=O)C1=NN(Cc2ccc(F)cc2)C(=O)CC1. The molecular formula is C17H20FN3O3. The van der Waals surface area contributed by atoms with E-state index >= 15 is 0 Å². The summed E-state index contributed by atoms with van der Waals surface area (Å²) in [5.74, 6) is -0.599. The second-order valence-corrected chi connectivity index (χ2v) is 6.05. The van der Waals surface area contributed by atoms with Gasteiger partial charge in [0, 0.05) is 19.4 Å². The fraction of sp³-hybridized carbons (Fsp3) is 0.471. The van der Waals surface area contributed by atoms with Crippen LogP contribution in [-0.4, -0.2) is 53.2 Å². The first-order chi connectivity index (χ1) is 11.5. The van der Waals surface area contributed by atoms with Crippen molar-refractivity contribution in [3.63, 3.8) is 0 Å². The maximum atomic E-state index is 13.0. The quantitative estimate of drug-likeness (QED) is 0.843. The number of hydrazone groups is 1. The Morgan fingerprint density at radius 3 is 2.79 bits per heavy atom. The highest BCUT2D eigenvalue weighted by Gasteiger charge is 2.31. The largest absolute Gasteiger partial charge is 0.377 e. The molecule has 0 unspecified atom stereocenters. The minimum atomic E-state index is -0.329. The van der Waals surface area contributed by atoms with E-state index in [1.165, 1.54) is 17.1 Å². The molecule has 0 N–H and O–H groups in total. The standard InChI is InChI=1S/C17H20FN3O3/c1-12-11-24-9-8-20(12)17(23)15-6-7-16(22)21(19-15)10-13-2-4-14(18)5-3-13/h2-5,12H,6-11H2,1H3/t12-/m0/s1. The third-order valence-electron chi connectivity index (χ3n) is 4.23. The van der Waals surface area contributed by atoms with E-state index in [0.717, 1.165) is 5.56 Å². The zero-order chi connectivity index (χ0) is 17.1. The van der Waals surface area contributed by atoms with Crippen molar-refractivity contribution >= 4 is 17.5 Å². The minimum Gasteiger partial charge on any atom is -0.377 e. The fourth-order valence-electron chi connectivity index (χ4n) is 2.84. The number of rotatable bonds is 3. The van der Waals surface area contributed by atoms with Crippen LogP contribution in [0.3, 0.4) is 0 Å². The second-order valence-electron chi connectivity index (χ2n) is 6.05. The molecule has 7 heteroatoms. The first-order valence-corrected chi connectivity index (χ1v) is 8.05. The molecule has 128 valence electrons. The van der Waals surface area contributed by atoms with Crippen molar-refractivity contribution < 1.29 is 18.7 Å². The van der Waals surface area contributed by atoms with Crippen LogP contribution in [0.15, 0.2) is 29.4 Å². The molecule has 24 heavy (non-hydrogen) atoms. The Bertz CT molecular complexity index is 660. The molecule has 1 fully saturated rings. The molecule has 1 aromatic rings. The third kappa shape index (κ3) is 3.62. The van der Waals surface area contributed by atoms with Crippen molar-refractivity contribution in [2.45, 2.75) is 32.4 Å². The number of morpholine rings is 1. The van der Waals surface area contributed by atoms with Gasteiger partial charge in [0.15, 0.2) is 0 Å². The van der Waals surface area contributed by atoms with Crippen LogP contribution in [0.2, 0.25) is 0 Å². The topological polar surface area (TPSA) is 62.2 Å². The molecule has 1 saturated heterocycles. The average molecular weight is 333 g/mol. The highest BCUT2D eigenvalue weighted by atomic mass is 19.1. The van der Waals surface area contributed by atoms with Gasteiger partial charge in [0.1, 0.15) is 11.5 Å². The van der Waals surface area contributed by atoms with Crippen molar-refractivity contribution in [3.05, 3.63) is 35.6 Å². The number of hydrogen-bond acceptors (Lipinski definition) is 4. The lowest BCUT2D eigenvalue weighted by atomic mass is 10.1. The monoisotopic (exact) mass is 333 g/mol. The van der Waals surface area contributed by atoms with Crippen molar-refractivity contribution in [1.82, 2.24) is 9.91 Å². The zero-order valence-corrected chi connectivity index (χ0v) is 13.6. The Morgan fingerprint density at radius 1 is 1.33 bits per heavy atom. The first-order valence-electron chi connectivity index (χ1n) is 8.05. The third-order valence-corrected chi connectivity index (χ3v) is 4.23. The van der Waals surface area contributed by atoms with Gasteiger partial charge >= 0.3 is 0 Å². The van der Waals surface area contributed by atoms with Crippen molar-refractivity contribution in [2.75, 3.05) is 19.8 Å². The van der Waals surface area contributed by atoms with E-state index in [9.17, 15) is 14.0 Å². The molecule has 0 bridgehead atoms. The normalized spacial score (nSPS) is 21.7. The summed E-state index contributed by atoms with van der Waals surface area (Å²) in [6, 6.07) is 5.90. The molecule has 0 spiro atoms. The summed E-state index contributed by atoms with van der Waals surface area (Å²) in [6.45, 7) is 3.72. The van der Waals surface area contributed by atoms with E-state index in [4.69, 9.17) is 4.74 Å². The molecule has 1 atom stereocenters. The van der Waals surface area contributed by atoms with E-state index in [1.807, 2.05) is 6.92 Å². The molecule has 2 amide bonds. The summed E-state index contributed by atoms with van der Waals surface area (Å²) in [6.07, 6.45) is 0.603. The molecule has 3 rings (SSSR count). The highest BCUT2D eigenvalue weighted by Crippen LogP contribution is 2.17. The van der Waals surface area contributed by atoms with Gasteiger partial charge in [0.2, 0.25) is 5.91 Å². The Hall–Kier alpha value is -2.28. The summed E-state index contributed by atoms with van der Waals surface area (Å²) < 4.78 is 18.3. The lowest BCUT2D eigenvalue weighted by Crippen LogP contribution is -2.50. The maximum absolute atomic E-state index is 13.0. The van der Waals surface area contributed by atoms with Crippen molar-refractivity contribution in [1.29, 1.82) is 0 Å². The molecule has 2 aliphatic heterocycles. The van der Waals surface area contributed by atoms with Crippen LogP contribution >= 0.6 is 0 Å². The highest BCUT2D eigenvalue weighted by molar-refractivity contribution is 6.39. The molecule has 1 aromatic carbocycles. The number of benzene rings is 1. The predicted octanol–water partition coefficient (Wildman–Crippen LogP) is 1.55. The van der Waals surface area contributed by atoms with Crippen LogP contribution in [0, 0.1) is 5.82 Å². The van der Waals surface area contributed by atoms with Gasteiger partial charge in [-0.1, -0.05) is 12.1 Å². The number of hydrogen-bond donors (Lipinski definition) is 0. The second kappa shape index (κ2) is 7.09. The predicted molar refractivity (Wildman–Crippen MR) is 85.6 cm³/mol. The lowest BCUT2D eigenvalue weighted by Gasteiger charge is -2.34. The zero-order valence-electron chi connectivity index (χ0n) is 13.6. The summed E-state index contributed by atoms with van der Waals surface area (Å²) in [5.41, 5.74) is 1.16. The smallest absolute Gasteiger partial charge is 0.270 e. The number of nitrogens with zero attached hydrogens (tertiary/aromatic N) is 3. The summed E-state index contributed by atoms with van der Waals surface area (Å²) >= 11 is 0. The van der Waals surface area contributed by atoms with Gasteiger partial charge < -0.3 is 9.64 Å². The fourth-order valence-corrected chi connectivity index (χ4v) is 2.84. The molecule has 0 aliphatic carbocycles. The summed E-state index contributed by atoms with van der Waals surface area (Å²) in [5, 5.41) is 5.57. The van der Waals surface area contributed by atoms with Crippen molar-refractivity contribution in [3.8, 4) is 0 Å². The van der Waals surface area contributed by atoms with Gasteiger partial charge in [-0.25, -0.2) is 9.40 Å². The van der Waals surface area contributed by atoms with E-state index in [1.54, 1.807) is 17.0 Å². The molecule has 0 aromatic heterocycles. The van der Waals surface area contributed by atoms with Crippen LogP contribution in [-0.2, 0) is 20.9 Å². The number of carbonyl (C=O) groups excluding carboxylic acids is 2. The Morgan fingerprint density at radius 2 is 2.08 bits per heavy atom. The van der Waals surface area contributed by atoms with Gasteiger partial charge in [-0.15, -0.1) is 0 Å². The minimum absolute atomic E-state index is 0.00266. The van der Waals surface area contributed by atoms with Gasteiger partial charge in [-0.05, 0) is 24.6 Å². The van der Waals surface area contributed by atoms with Crippen LogP contribution in [0.4, 0.5) is 4.39 Å². The van der Waals surface area contributed by atoms with Gasteiger partial charge in [-0.2, -0.15) is 5.10 Å².